The smallest absolute Gasteiger partial charge is 0.371 e. The number of nitrogens with one attached hydrogen (secondary N) is 2. The lowest BCUT2D eigenvalue weighted by atomic mass is 10.0. The minimum absolute atomic E-state index is 0.134. The Morgan fingerprint density at radius 1 is 1.27 bits per heavy atom. The largest absolute Gasteiger partial charge is 0.415 e. The van der Waals surface area contributed by atoms with E-state index in [9.17, 15) is 27.6 Å². The van der Waals surface area contributed by atoms with Crippen LogP contribution in [0.2, 0.25) is 0 Å². The molecule has 30 heavy (non-hydrogen) atoms. The van der Waals surface area contributed by atoms with Crippen LogP contribution < -0.4 is 10.6 Å². The van der Waals surface area contributed by atoms with Gasteiger partial charge in [-0.2, -0.15) is 13.2 Å². The molecular formula is C19H23BrF3N3O4. The number of nitrogens with zero attached hydrogens (tertiary/aromatic N) is 1. The first kappa shape index (κ1) is 24.1. The summed E-state index contributed by atoms with van der Waals surface area (Å²) in [6.45, 7) is 1.89. The molecule has 0 saturated carbocycles. The van der Waals surface area contributed by atoms with E-state index in [0.29, 0.717) is 18.5 Å². The molecule has 1 aliphatic heterocycles. The van der Waals surface area contributed by atoms with Crippen LogP contribution in [0.5, 0.6) is 0 Å². The van der Waals surface area contributed by atoms with Crippen LogP contribution in [0.25, 0.3) is 0 Å². The van der Waals surface area contributed by atoms with Gasteiger partial charge in [-0.25, -0.2) is 0 Å². The molecule has 1 aromatic rings. The van der Waals surface area contributed by atoms with Crippen LogP contribution in [0.15, 0.2) is 28.7 Å². The summed E-state index contributed by atoms with van der Waals surface area (Å²) >= 11 is 3.27. The topological polar surface area (TPSA) is 87.7 Å². The molecule has 2 atom stereocenters. The summed E-state index contributed by atoms with van der Waals surface area (Å²) in [4.78, 5) is 38.0. The molecule has 1 aliphatic rings. The van der Waals surface area contributed by atoms with E-state index in [-0.39, 0.29) is 19.0 Å². The Morgan fingerprint density at radius 3 is 2.47 bits per heavy atom. The number of halogens is 4. The average molecular weight is 494 g/mol. The minimum Gasteiger partial charge on any atom is -0.371 e. The highest BCUT2D eigenvalue weighted by Gasteiger charge is 2.43. The summed E-state index contributed by atoms with van der Waals surface area (Å²) in [5.74, 6) is -1.55. The van der Waals surface area contributed by atoms with Crippen molar-refractivity contribution in [1.82, 2.24) is 15.5 Å². The van der Waals surface area contributed by atoms with Crippen LogP contribution in [0, 0.1) is 0 Å². The standard InChI is InChI=1S/C19H23BrF3N3O4/c1-18(25-15(27)9-14(30-2)19(21,22)23)7-8-26(11-18)16(28)10-24-17(29)12-3-5-13(20)6-4-12/h3-6,14H,7-11H2,1-2H3,(H,24,29)(H,25,27). The molecule has 7 nitrogen and oxygen atoms in total. The molecule has 3 amide bonds. The third kappa shape index (κ3) is 6.69. The maximum atomic E-state index is 12.8. The first-order valence-corrected chi connectivity index (χ1v) is 9.95. The zero-order chi connectivity index (χ0) is 22.5. The van der Waals surface area contributed by atoms with Gasteiger partial charge in [0.1, 0.15) is 0 Å². The minimum atomic E-state index is -4.64. The number of alkyl halides is 3. The van der Waals surface area contributed by atoms with Gasteiger partial charge in [-0.15, -0.1) is 0 Å². The Bertz CT molecular complexity index is 788. The number of hydrogen-bond acceptors (Lipinski definition) is 4. The molecule has 1 saturated heterocycles. The van der Waals surface area contributed by atoms with Crippen LogP contribution in [-0.4, -0.2) is 67.2 Å². The van der Waals surface area contributed by atoms with Gasteiger partial charge >= 0.3 is 6.18 Å². The molecular weight excluding hydrogens is 471 g/mol. The fraction of sp³-hybridized carbons (Fsp3) is 0.526. The lowest BCUT2D eigenvalue weighted by Crippen LogP contribution is -2.50. The number of hydrogen-bond donors (Lipinski definition) is 2. The zero-order valence-electron chi connectivity index (χ0n) is 16.5. The highest BCUT2D eigenvalue weighted by Crippen LogP contribution is 2.26. The van der Waals surface area contributed by atoms with Gasteiger partial charge in [-0.3, -0.25) is 14.4 Å². The van der Waals surface area contributed by atoms with Crippen molar-refractivity contribution >= 4 is 33.7 Å². The second-order valence-corrected chi connectivity index (χ2v) is 8.25. The maximum absolute atomic E-state index is 12.8. The van der Waals surface area contributed by atoms with Crippen LogP contribution in [0.3, 0.4) is 0 Å². The summed E-state index contributed by atoms with van der Waals surface area (Å²) in [7, 11) is 0.895. The molecule has 0 radical (unpaired) electrons. The zero-order valence-corrected chi connectivity index (χ0v) is 18.1. The summed E-state index contributed by atoms with van der Waals surface area (Å²) in [5.41, 5.74) is -0.450. The second-order valence-electron chi connectivity index (χ2n) is 7.33. The highest BCUT2D eigenvalue weighted by molar-refractivity contribution is 9.10. The van der Waals surface area contributed by atoms with Gasteiger partial charge < -0.3 is 20.3 Å². The molecule has 11 heteroatoms. The number of ether oxygens (including phenoxy) is 1. The van der Waals surface area contributed by atoms with Crippen LogP contribution in [-0.2, 0) is 14.3 Å². The van der Waals surface area contributed by atoms with Crippen molar-refractivity contribution in [2.75, 3.05) is 26.7 Å². The van der Waals surface area contributed by atoms with Crippen molar-refractivity contribution in [3.8, 4) is 0 Å². The molecule has 1 aromatic carbocycles. The first-order chi connectivity index (χ1) is 13.9. The number of methoxy groups -OCH3 is 1. The van der Waals surface area contributed by atoms with Gasteiger partial charge in [-0.05, 0) is 37.6 Å². The van der Waals surface area contributed by atoms with Crippen LogP contribution in [0.4, 0.5) is 13.2 Å². The maximum Gasteiger partial charge on any atom is 0.415 e. The Kier molecular flexibility index (Phi) is 7.87. The summed E-state index contributed by atoms with van der Waals surface area (Å²) in [6, 6.07) is 6.64. The van der Waals surface area contributed by atoms with Crippen molar-refractivity contribution in [3.05, 3.63) is 34.3 Å². The average Bonchev–Trinajstić information content (AvgIpc) is 3.05. The summed E-state index contributed by atoms with van der Waals surface area (Å²) < 4.78 is 43.4. The molecule has 2 rings (SSSR count). The van der Waals surface area contributed by atoms with Gasteiger partial charge in [-0.1, -0.05) is 15.9 Å². The predicted molar refractivity (Wildman–Crippen MR) is 106 cm³/mol. The lowest BCUT2D eigenvalue weighted by Gasteiger charge is -2.27. The molecule has 0 bridgehead atoms. The SMILES string of the molecule is COC(CC(=O)NC1(C)CCN(C(=O)CNC(=O)c2ccc(Br)cc2)C1)C(F)(F)F. The fourth-order valence-electron chi connectivity index (χ4n) is 3.14. The quantitative estimate of drug-likeness (QED) is 0.609. The van der Waals surface area contributed by atoms with E-state index in [2.05, 4.69) is 31.3 Å². The number of carbonyl (C=O) groups excluding carboxylic acids is 3. The third-order valence-electron chi connectivity index (χ3n) is 4.79. The lowest BCUT2D eigenvalue weighted by molar-refractivity contribution is -0.214. The van der Waals surface area contributed by atoms with E-state index < -0.39 is 36.1 Å². The van der Waals surface area contributed by atoms with Crippen molar-refractivity contribution in [2.24, 2.45) is 0 Å². The second kappa shape index (κ2) is 9.78. The van der Waals surface area contributed by atoms with Gasteiger partial charge in [0.25, 0.3) is 5.91 Å². The van der Waals surface area contributed by atoms with Gasteiger partial charge in [0.2, 0.25) is 11.8 Å². The molecule has 0 spiro atoms. The van der Waals surface area contributed by atoms with Crippen molar-refractivity contribution in [1.29, 1.82) is 0 Å². The van der Waals surface area contributed by atoms with E-state index in [4.69, 9.17) is 0 Å². The molecule has 166 valence electrons. The Morgan fingerprint density at radius 2 is 1.90 bits per heavy atom. The Labute approximate surface area is 180 Å². The number of rotatable bonds is 7. The predicted octanol–water partition coefficient (Wildman–Crippen LogP) is 2.25. The molecule has 2 unspecified atom stereocenters. The van der Waals surface area contributed by atoms with E-state index in [1.165, 1.54) is 4.90 Å². The fourth-order valence-corrected chi connectivity index (χ4v) is 3.40. The number of likely N-dealkylation sites (tertiary alicyclic amines) is 1. The summed E-state index contributed by atoms with van der Waals surface area (Å²) in [6.07, 6.45) is -7.30. The molecule has 2 N–H and O–H groups in total. The molecule has 1 fully saturated rings. The Balaban J connectivity index is 1.84. The molecule has 1 heterocycles. The van der Waals surface area contributed by atoms with Crippen molar-refractivity contribution < 1.29 is 32.3 Å². The molecule has 0 aromatic heterocycles. The molecule has 0 aliphatic carbocycles. The normalized spacial score (nSPS) is 20.0. The number of carbonyl (C=O) groups is 3. The number of benzene rings is 1. The monoisotopic (exact) mass is 493 g/mol. The van der Waals surface area contributed by atoms with Gasteiger partial charge in [0.15, 0.2) is 6.10 Å². The Hall–Kier alpha value is -2.14. The third-order valence-corrected chi connectivity index (χ3v) is 5.32. The van der Waals surface area contributed by atoms with E-state index in [1.54, 1.807) is 31.2 Å². The van der Waals surface area contributed by atoms with E-state index in [1.807, 2.05) is 0 Å². The van der Waals surface area contributed by atoms with Crippen molar-refractivity contribution in [3.63, 3.8) is 0 Å². The number of amides is 3. The van der Waals surface area contributed by atoms with E-state index in [0.717, 1.165) is 11.6 Å². The van der Waals surface area contributed by atoms with Crippen LogP contribution >= 0.6 is 15.9 Å². The van der Waals surface area contributed by atoms with E-state index >= 15 is 0 Å². The van der Waals surface area contributed by atoms with Gasteiger partial charge in [0.05, 0.1) is 18.5 Å². The first-order valence-electron chi connectivity index (χ1n) is 9.15. The van der Waals surface area contributed by atoms with Crippen LogP contribution in [0.1, 0.15) is 30.1 Å². The van der Waals surface area contributed by atoms with Crippen molar-refractivity contribution in [2.45, 2.75) is 37.6 Å². The highest BCUT2D eigenvalue weighted by atomic mass is 79.9. The van der Waals surface area contributed by atoms with Gasteiger partial charge in [0, 0.05) is 30.2 Å². The summed E-state index contributed by atoms with van der Waals surface area (Å²) in [5, 5.41) is 5.11.